The molecule has 1 aliphatic carbocycles. The van der Waals surface area contributed by atoms with Crippen LogP contribution in [0.2, 0.25) is 0 Å². The SMILES string of the molecule is CCNC(=NCc1ccc(F)c(C)c1)NCCCc1nnc(SC)n1C1CCCC1.I. The Morgan fingerprint density at radius 2 is 2.03 bits per heavy atom. The van der Waals surface area contributed by atoms with Crippen molar-refractivity contribution < 1.29 is 4.39 Å². The number of guanidine groups is 1. The predicted octanol–water partition coefficient (Wildman–Crippen LogP) is 4.87. The van der Waals surface area contributed by atoms with Gasteiger partial charge in [0.15, 0.2) is 11.1 Å². The van der Waals surface area contributed by atoms with E-state index >= 15 is 0 Å². The normalized spacial score (nSPS) is 14.5. The Balaban J connectivity index is 0.00000341. The second-order valence-electron chi connectivity index (χ2n) is 7.72. The van der Waals surface area contributed by atoms with Crippen LogP contribution < -0.4 is 10.6 Å². The molecule has 0 amide bonds. The fourth-order valence-corrected chi connectivity index (χ4v) is 4.49. The van der Waals surface area contributed by atoms with E-state index in [1.54, 1.807) is 24.8 Å². The second kappa shape index (κ2) is 13.2. The van der Waals surface area contributed by atoms with Crippen molar-refractivity contribution in [3.63, 3.8) is 0 Å². The Bertz CT molecular complexity index is 851. The highest BCUT2D eigenvalue weighted by Gasteiger charge is 2.23. The standard InChI is InChI=1S/C22H33FN6S.HI/c1-4-24-21(26-15-17-11-12-19(23)16(2)14-17)25-13-7-10-20-27-28-22(30-3)29(20)18-8-5-6-9-18;/h11-12,14,18H,4-10,13,15H2,1-3H3,(H2,24,25,26);1H. The van der Waals surface area contributed by atoms with Gasteiger partial charge in [0.05, 0.1) is 6.54 Å². The summed E-state index contributed by atoms with van der Waals surface area (Å²) >= 11 is 1.68. The van der Waals surface area contributed by atoms with E-state index in [0.717, 1.165) is 48.4 Å². The summed E-state index contributed by atoms with van der Waals surface area (Å²) < 4.78 is 15.8. The fourth-order valence-electron chi connectivity index (χ4n) is 3.92. The van der Waals surface area contributed by atoms with Gasteiger partial charge in [-0.1, -0.05) is 36.7 Å². The average Bonchev–Trinajstić information content (AvgIpc) is 3.40. The molecule has 2 N–H and O–H groups in total. The molecule has 0 atom stereocenters. The van der Waals surface area contributed by atoms with Crippen molar-refractivity contribution in [2.45, 2.75) is 70.1 Å². The molecule has 1 aromatic heterocycles. The molecule has 172 valence electrons. The van der Waals surface area contributed by atoms with Gasteiger partial charge in [-0.3, -0.25) is 0 Å². The number of benzene rings is 1. The zero-order valence-corrected chi connectivity index (χ0v) is 21.8. The highest BCUT2D eigenvalue weighted by Crippen LogP contribution is 2.33. The first-order chi connectivity index (χ1) is 14.6. The zero-order chi connectivity index (χ0) is 21.3. The summed E-state index contributed by atoms with van der Waals surface area (Å²) in [5.41, 5.74) is 1.65. The molecule has 31 heavy (non-hydrogen) atoms. The molecule has 0 radical (unpaired) electrons. The van der Waals surface area contributed by atoms with Gasteiger partial charge in [-0.05, 0) is 56.6 Å². The lowest BCUT2D eigenvalue weighted by atomic mass is 10.1. The van der Waals surface area contributed by atoms with Crippen LogP contribution in [0.3, 0.4) is 0 Å². The number of aromatic nitrogens is 3. The number of hydrogen-bond donors (Lipinski definition) is 2. The Kier molecular flexibility index (Phi) is 11.1. The number of nitrogens with one attached hydrogen (secondary N) is 2. The molecule has 0 bridgehead atoms. The van der Waals surface area contributed by atoms with Crippen molar-refractivity contribution in [3.8, 4) is 0 Å². The first-order valence-electron chi connectivity index (χ1n) is 10.9. The number of thioether (sulfide) groups is 1. The molecule has 0 unspecified atom stereocenters. The van der Waals surface area contributed by atoms with Crippen LogP contribution in [0.4, 0.5) is 4.39 Å². The quantitative estimate of drug-likeness (QED) is 0.151. The summed E-state index contributed by atoms with van der Waals surface area (Å²) in [6, 6.07) is 5.70. The molecule has 2 aromatic rings. The molecule has 1 heterocycles. The van der Waals surface area contributed by atoms with Crippen LogP contribution in [0.1, 0.15) is 62.0 Å². The van der Waals surface area contributed by atoms with E-state index in [0.29, 0.717) is 18.2 Å². The first kappa shape index (κ1) is 25.9. The summed E-state index contributed by atoms with van der Waals surface area (Å²) in [7, 11) is 0. The number of aliphatic imine (C=N–C) groups is 1. The van der Waals surface area contributed by atoms with Crippen molar-refractivity contribution in [1.82, 2.24) is 25.4 Å². The van der Waals surface area contributed by atoms with Crippen molar-refractivity contribution in [3.05, 3.63) is 41.0 Å². The van der Waals surface area contributed by atoms with E-state index in [9.17, 15) is 4.39 Å². The number of rotatable bonds is 9. The van der Waals surface area contributed by atoms with E-state index in [1.165, 1.54) is 31.7 Å². The minimum atomic E-state index is -0.178. The Labute approximate surface area is 206 Å². The van der Waals surface area contributed by atoms with E-state index in [4.69, 9.17) is 0 Å². The second-order valence-corrected chi connectivity index (χ2v) is 8.49. The molecular weight excluding hydrogens is 526 g/mol. The molecule has 1 aromatic carbocycles. The monoisotopic (exact) mass is 560 g/mol. The van der Waals surface area contributed by atoms with E-state index in [1.807, 2.05) is 13.0 Å². The zero-order valence-electron chi connectivity index (χ0n) is 18.7. The van der Waals surface area contributed by atoms with Gasteiger partial charge >= 0.3 is 0 Å². The smallest absolute Gasteiger partial charge is 0.191 e. The van der Waals surface area contributed by atoms with Crippen LogP contribution in [0.25, 0.3) is 0 Å². The van der Waals surface area contributed by atoms with Crippen LogP contribution in [0.15, 0.2) is 28.3 Å². The molecule has 0 spiro atoms. The minimum Gasteiger partial charge on any atom is -0.357 e. The molecule has 1 aliphatic rings. The van der Waals surface area contributed by atoms with Crippen molar-refractivity contribution in [2.75, 3.05) is 19.3 Å². The van der Waals surface area contributed by atoms with E-state index in [-0.39, 0.29) is 29.8 Å². The summed E-state index contributed by atoms with van der Waals surface area (Å²) in [6.07, 6.45) is 8.99. The van der Waals surface area contributed by atoms with Gasteiger partial charge in [0, 0.05) is 25.6 Å². The van der Waals surface area contributed by atoms with Gasteiger partial charge < -0.3 is 15.2 Å². The van der Waals surface area contributed by atoms with Gasteiger partial charge in [0.25, 0.3) is 0 Å². The van der Waals surface area contributed by atoms with Crippen LogP contribution in [-0.4, -0.2) is 40.1 Å². The molecule has 6 nitrogen and oxygen atoms in total. The van der Waals surface area contributed by atoms with Crippen molar-refractivity contribution in [2.24, 2.45) is 4.99 Å². The third-order valence-electron chi connectivity index (χ3n) is 5.46. The molecule has 0 aliphatic heterocycles. The van der Waals surface area contributed by atoms with Crippen molar-refractivity contribution >= 4 is 41.7 Å². The summed E-state index contributed by atoms with van der Waals surface area (Å²) in [5, 5.41) is 16.6. The molecular formula is C22H34FIN6S. The van der Waals surface area contributed by atoms with E-state index in [2.05, 4.69) is 36.6 Å². The Morgan fingerprint density at radius 1 is 1.26 bits per heavy atom. The van der Waals surface area contributed by atoms with E-state index < -0.39 is 0 Å². The van der Waals surface area contributed by atoms with Crippen LogP contribution >= 0.6 is 35.7 Å². The summed E-state index contributed by atoms with van der Waals surface area (Å²) in [5.74, 6) is 1.70. The van der Waals surface area contributed by atoms with Crippen LogP contribution in [-0.2, 0) is 13.0 Å². The molecule has 3 rings (SSSR count). The van der Waals surface area contributed by atoms with Gasteiger partial charge in [-0.2, -0.15) is 0 Å². The fraction of sp³-hybridized carbons (Fsp3) is 0.591. The lowest BCUT2D eigenvalue weighted by Gasteiger charge is -2.16. The molecule has 1 saturated carbocycles. The topological polar surface area (TPSA) is 67.1 Å². The maximum Gasteiger partial charge on any atom is 0.191 e. The number of aryl methyl sites for hydroxylation is 2. The Hall–Kier alpha value is -1.36. The van der Waals surface area contributed by atoms with Gasteiger partial charge in [0.2, 0.25) is 0 Å². The number of nitrogens with zero attached hydrogens (tertiary/aromatic N) is 4. The maximum atomic E-state index is 13.4. The predicted molar refractivity (Wildman–Crippen MR) is 137 cm³/mol. The lowest BCUT2D eigenvalue weighted by Crippen LogP contribution is -2.38. The van der Waals surface area contributed by atoms with Gasteiger partial charge in [0.1, 0.15) is 11.6 Å². The first-order valence-corrected chi connectivity index (χ1v) is 12.1. The average molecular weight is 561 g/mol. The van der Waals surface area contributed by atoms with Crippen LogP contribution in [0, 0.1) is 12.7 Å². The molecule has 1 fully saturated rings. The molecule has 9 heteroatoms. The van der Waals surface area contributed by atoms with Gasteiger partial charge in [-0.15, -0.1) is 34.2 Å². The summed E-state index contributed by atoms with van der Waals surface area (Å²) in [6.45, 7) is 5.94. The van der Waals surface area contributed by atoms with Gasteiger partial charge in [-0.25, -0.2) is 9.38 Å². The highest BCUT2D eigenvalue weighted by molar-refractivity contribution is 14.0. The number of halogens is 2. The lowest BCUT2D eigenvalue weighted by molar-refractivity contribution is 0.460. The molecule has 0 saturated heterocycles. The maximum absolute atomic E-state index is 13.4. The highest BCUT2D eigenvalue weighted by atomic mass is 127. The third-order valence-corrected chi connectivity index (χ3v) is 6.11. The van der Waals surface area contributed by atoms with Crippen LogP contribution in [0.5, 0.6) is 0 Å². The summed E-state index contributed by atoms with van der Waals surface area (Å²) in [4.78, 5) is 4.63. The largest absolute Gasteiger partial charge is 0.357 e. The van der Waals surface area contributed by atoms with Crippen molar-refractivity contribution in [1.29, 1.82) is 0 Å². The number of hydrogen-bond acceptors (Lipinski definition) is 4. The minimum absolute atomic E-state index is 0. The Morgan fingerprint density at radius 3 is 2.71 bits per heavy atom. The third kappa shape index (κ3) is 7.34.